The normalized spacial score (nSPS) is 14.5. The molecule has 0 aliphatic heterocycles. The van der Waals surface area contributed by atoms with Gasteiger partial charge in [0.15, 0.2) is 0 Å². The van der Waals surface area contributed by atoms with E-state index in [4.69, 9.17) is 0 Å². The van der Waals surface area contributed by atoms with Gasteiger partial charge >= 0.3 is 0 Å². The molecule has 0 bridgehead atoms. The number of fused-ring (bicyclic) bond motifs is 19. The van der Waals surface area contributed by atoms with E-state index in [-0.39, 0.29) is 21.7 Å². The fourth-order valence-corrected chi connectivity index (χ4v) is 20.7. The molecule has 0 saturated carbocycles. The molecule has 0 amide bonds. The maximum atomic E-state index is 2.57. The number of hydrogen-bond donors (Lipinski definition) is 0. The predicted octanol–water partition coefficient (Wildman–Crippen LogP) is 30.6. The van der Waals surface area contributed by atoms with Crippen LogP contribution in [-0.2, 0) is 21.7 Å². The first kappa shape index (κ1) is 66.8. The van der Waals surface area contributed by atoms with E-state index >= 15 is 0 Å². The number of hydrogen-bond acceptors (Lipinski definition) is 2. The van der Waals surface area contributed by atoms with Crippen molar-refractivity contribution < 1.29 is 0 Å². The van der Waals surface area contributed by atoms with Crippen LogP contribution in [0.4, 0.5) is 34.1 Å². The van der Waals surface area contributed by atoms with E-state index in [0.29, 0.717) is 0 Å². The van der Waals surface area contributed by atoms with E-state index in [1.807, 2.05) is 0 Å². The fraction of sp³-hybridized carbons (Fsp3) is 0.117. The van der Waals surface area contributed by atoms with Gasteiger partial charge in [-0.3, -0.25) is 0 Å². The van der Waals surface area contributed by atoms with Crippen LogP contribution < -0.4 is 9.80 Å². The third-order valence-electron chi connectivity index (χ3n) is 26.7. The molecule has 4 aliphatic carbocycles. The second-order valence-corrected chi connectivity index (χ2v) is 34.4. The monoisotopic (exact) mass is 1440 g/mol. The molecule has 2 heteroatoms. The Bertz CT molecular complexity index is 7100. The van der Waals surface area contributed by atoms with Crippen LogP contribution in [0.15, 0.2) is 346 Å². The van der Waals surface area contributed by atoms with Gasteiger partial charge < -0.3 is 9.80 Å². The Balaban J connectivity index is 0.785. The van der Waals surface area contributed by atoms with E-state index in [9.17, 15) is 0 Å². The summed E-state index contributed by atoms with van der Waals surface area (Å²) < 4.78 is 0. The van der Waals surface area contributed by atoms with Gasteiger partial charge in [0, 0.05) is 55.8 Å². The standard InChI is InChI=1S/C111H84N2/c1-67-30-43-78(44-31-67)112(79-45-32-69(33-46-79)74-37-52-88-86-26-16-18-28-96(86)108(2,3)100(88)61-74)82-50-56-90-94(65-82)104(76-39-54-92-102(63-76)110(6,7)98-58-41-71-21-12-14-24-84(71)106(92)98)91-57-51-83(66-95(91)105(90)77-40-55-93-103(64-77)111(8,9)99-59-42-72-22-13-15-25-85(72)107(93)99)113(81-49-36-68-20-10-11-23-73(68)60-81)80-47-34-70(35-48-80)75-38-53-89-87-27-17-19-29-97(87)109(4,5)101(89)62-75/h10-66H,1-9H3. The molecule has 0 fully saturated rings. The summed E-state index contributed by atoms with van der Waals surface area (Å²) in [6, 6.07) is 133. The highest BCUT2D eigenvalue weighted by Crippen LogP contribution is 2.59. The first-order valence-corrected chi connectivity index (χ1v) is 40.2. The van der Waals surface area contributed by atoms with Gasteiger partial charge in [0.1, 0.15) is 0 Å². The van der Waals surface area contributed by atoms with Crippen molar-refractivity contribution in [3.8, 4) is 89.0 Å². The molecule has 22 rings (SSSR count). The molecule has 538 valence electrons. The number of benzene rings is 18. The van der Waals surface area contributed by atoms with Crippen LogP contribution in [0.1, 0.15) is 105 Å². The minimum absolute atomic E-state index is 0.108. The Morgan fingerprint density at radius 3 is 0.973 bits per heavy atom. The van der Waals surface area contributed by atoms with Crippen LogP contribution in [0.2, 0.25) is 0 Å². The molecule has 0 aromatic heterocycles. The number of rotatable bonds is 10. The van der Waals surface area contributed by atoms with Crippen LogP contribution in [0.3, 0.4) is 0 Å². The molecule has 0 heterocycles. The molecular weight excluding hydrogens is 1360 g/mol. The molecule has 0 unspecified atom stereocenters. The molecule has 2 nitrogen and oxygen atoms in total. The van der Waals surface area contributed by atoms with Gasteiger partial charge in [-0.2, -0.15) is 0 Å². The molecule has 18 aromatic carbocycles. The van der Waals surface area contributed by atoms with E-state index in [1.54, 1.807) is 0 Å². The number of nitrogens with zero attached hydrogens (tertiary/aromatic N) is 2. The third-order valence-corrected chi connectivity index (χ3v) is 26.7. The Labute approximate surface area is 662 Å². The second kappa shape index (κ2) is 24.4. The minimum Gasteiger partial charge on any atom is -0.310 e. The lowest BCUT2D eigenvalue weighted by molar-refractivity contribution is 0.660. The Morgan fingerprint density at radius 1 is 0.177 bits per heavy atom. The molecule has 4 aliphatic rings. The smallest absolute Gasteiger partial charge is 0.0468 e. The van der Waals surface area contributed by atoms with Gasteiger partial charge in [-0.1, -0.05) is 310 Å². The largest absolute Gasteiger partial charge is 0.310 e. The molecule has 18 aromatic rings. The van der Waals surface area contributed by atoms with Crippen LogP contribution in [0.25, 0.3) is 143 Å². The molecule has 0 spiro atoms. The lowest BCUT2D eigenvalue weighted by Gasteiger charge is -2.29. The van der Waals surface area contributed by atoms with Gasteiger partial charge in [0.05, 0.1) is 0 Å². The predicted molar refractivity (Wildman–Crippen MR) is 480 cm³/mol. The number of aryl methyl sites for hydroxylation is 1. The summed E-state index contributed by atoms with van der Waals surface area (Å²) in [6.45, 7) is 21.4. The lowest BCUT2D eigenvalue weighted by Crippen LogP contribution is -2.15. The summed E-state index contributed by atoms with van der Waals surface area (Å²) in [5.74, 6) is 0. The average Bonchev–Trinajstić information content (AvgIpc) is 1.66. The van der Waals surface area contributed by atoms with Crippen molar-refractivity contribution >= 4 is 88.0 Å². The maximum absolute atomic E-state index is 2.57. The highest BCUT2D eigenvalue weighted by molar-refractivity contribution is 6.23. The summed E-state index contributed by atoms with van der Waals surface area (Å²) in [6.07, 6.45) is 0. The minimum atomic E-state index is -0.290. The van der Waals surface area contributed by atoms with Crippen molar-refractivity contribution in [1.29, 1.82) is 0 Å². The van der Waals surface area contributed by atoms with Crippen LogP contribution in [0, 0.1) is 6.92 Å². The summed E-state index contributed by atoms with van der Waals surface area (Å²) in [5.41, 5.74) is 38.0. The third kappa shape index (κ3) is 9.98. The van der Waals surface area contributed by atoms with Crippen molar-refractivity contribution in [2.45, 2.75) is 84.0 Å². The lowest BCUT2D eigenvalue weighted by atomic mass is 9.79. The van der Waals surface area contributed by atoms with Crippen molar-refractivity contribution in [1.82, 2.24) is 0 Å². The highest BCUT2D eigenvalue weighted by Gasteiger charge is 2.41. The van der Waals surface area contributed by atoms with Gasteiger partial charge in [-0.25, -0.2) is 0 Å². The quantitative estimate of drug-likeness (QED) is 0.126. The Morgan fingerprint density at radius 2 is 0.496 bits per heavy atom. The first-order valence-electron chi connectivity index (χ1n) is 40.2. The average molecular weight is 1450 g/mol. The van der Waals surface area contributed by atoms with E-state index in [2.05, 4.69) is 418 Å². The zero-order valence-corrected chi connectivity index (χ0v) is 65.3. The second-order valence-electron chi connectivity index (χ2n) is 34.4. The van der Waals surface area contributed by atoms with Crippen LogP contribution >= 0.6 is 0 Å². The van der Waals surface area contributed by atoms with Crippen molar-refractivity contribution in [3.63, 3.8) is 0 Å². The molecule has 0 atom stereocenters. The van der Waals surface area contributed by atoms with Gasteiger partial charge in [0.25, 0.3) is 0 Å². The zero-order valence-electron chi connectivity index (χ0n) is 65.3. The van der Waals surface area contributed by atoms with Crippen LogP contribution in [0.5, 0.6) is 0 Å². The van der Waals surface area contributed by atoms with E-state index in [0.717, 1.165) is 34.1 Å². The first-order chi connectivity index (χ1) is 54.9. The summed E-state index contributed by atoms with van der Waals surface area (Å²) in [7, 11) is 0. The van der Waals surface area contributed by atoms with E-state index in [1.165, 1.54) is 193 Å². The molecule has 0 radical (unpaired) electrons. The summed E-state index contributed by atoms with van der Waals surface area (Å²) in [5, 5.41) is 12.2. The summed E-state index contributed by atoms with van der Waals surface area (Å²) in [4.78, 5) is 4.97. The van der Waals surface area contributed by atoms with E-state index < -0.39 is 0 Å². The topological polar surface area (TPSA) is 6.48 Å². The van der Waals surface area contributed by atoms with Crippen molar-refractivity contribution in [2.75, 3.05) is 9.80 Å². The molecular formula is C111H84N2. The van der Waals surface area contributed by atoms with Gasteiger partial charge in [-0.05, 0) is 291 Å². The summed E-state index contributed by atoms with van der Waals surface area (Å²) >= 11 is 0. The molecule has 0 saturated heterocycles. The van der Waals surface area contributed by atoms with Gasteiger partial charge in [0.2, 0.25) is 0 Å². The van der Waals surface area contributed by atoms with Crippen molar-refractivity contribution in [3.05, 3.63) is 396 Å². The zero-order chi connectivity index (χ0) is 76.1. The Kier molecular flexibility index (Phi) is 14.4. The van der Waals surface area contributed by atoms with Crippen molar-refractivity contribution in [2.24, 2.45) is 0 Å². The van der Waals surface area contributed by atoms with Crippen LogP contribution in [-0.4, -0.2) is 0 Å². The SMILES string of the molecule is Cc1ccc(N(c2ccc(-c3ccc4c(c3)C(C)(C)c3ccccc3-4)cc2)c2ccc3c(-c4ccc5c(c4)C(C)(C)c4ccc6ccccc6c4-5)c4cc(N(c5ccc(-c6ccc7c(c6)C(C)(C)c6ccccc6-7)cc5)c5ccc6ccccc6c5)ccc4c(-c4ccc5c(c4)C(C)(C)c4ccc6ccccc6c4-5)c3c2)cc1. The fourth-order valence-electron chi connectivity index (χ4n) is 20.7. The highest BCUT2D eigenvalue weighted by atomic mass is 15.1. The molecule has 0 N–H and O–H groups in total. The maximum Gasteiger partial charge on any atom is 0.0468 e. The molecule has 113 heavy (non-hydrogen) atoms. The number of anilines is 6. The van der Waals surface area contributed by atoms with Gasteiger partial charge in [-0.15, -0.1) is 0 Å². The Hall–Kier alpha value is -13.1.